The lowest BCUT2D eigenvalue weighted by Gasteiger charge is -2.41. The van der Waals surface area contributed by atoms with Gasteiger partial charge >= 0.3 is 16.4 Å². The summed E-state index contributed by atoms with van der Waals surface area (Å²) in [6.07, 6.45) is 51.2. The van der Waals surface area contributed by atoms with Crippen molar-refractivity contribution in [1.82, 2.24) is 0 Å². The Morgan fingerprint density at radius 3 is 1.45 bits per heavy atom. The molecule has 13 heteroatoms. The molecule has 0 radical (unpaired) electrons. The maximum atomic E-state index is 12.9. The number of carbonyl (C=O) groups excluding carboxylic acids is 1. The first-order chi connectivity index (χ1) is 32.1. The molecule has 1 heterocycles. The molecule has 0 bridgehead atoms. The van der Waals surface area contributed by atoms with Crippen molar-refractivity contribution in [2.75, 3.05) is 26.4 Å². The highest BCUT2D eigenvalue weighted by Crippen LogP contribution is 2.26. The second-order valence-electron chi connectivity index (χ2n) is 16.3. The molecule has 376 valence electrons. The number of aliphatic hydroxyl groups excluding tert-OH is 3. The molecule has 0 amide bonds. The van der Waals surface area contributed by atoms with Crippen molar-refractivity contribution in [1.29, 1.82) is 0 Å². The number of rotatable bonds is 41. The van der Waals surface area contributed by atoms with Crippen LogP contribution in [0.5, 0.6) is 0 Å². The summed E-state index contributed by atoms with van der Waals surface area (Å²) >= 11 is 0. The fourth-order valence-corrected chi connectivity index (χ4v) is 7.26. The molecule has 0 spiro atoms. The third-order valence-electron chi connectivity index (χ3n) is 10.4. The summed E-state index contributed by atoms with van der Waals surface area (Å²) in [7, 11) is -5.08. The third kappa shape index (κ3) is 35.9. The summed E-state index contributed by atoms with van der Waals surface area (Å²) in [6.45, 7) is 3.67. The van der Waals surface area contributed by atoms with E-state index < -0.39 is 59.8 Å². The zero-order valence-electron chi connectivity index (χ0n) is 40.2. The van der Waals surface area contributed by atoms with Crippen LogP contribution in [0.3, 0.4) is 0 Å². The lowest BCUT2D eigenvalue weighted by Crippen LogP contribution is -2.60. The number of ether oxygens (including phenoxy) is 4. The van der Waals surface area contributed by atoms with Gasteiger partial charge in [0.2, 0.25) is 0 Å². The van der Waals surface area contributed by atoms with Crippen LogP contribution in [0.4, 0.5) is 0 Å². The van der Waals surface area contributed by atoms with Gasteiger partial charge in [0.05, 0.1) is 19.8 Å². The Kier molecular flexibility index (Phi) is 39.7. The average Bonchev–Trinajstić information content (AvgIpc) is 3.29. The van der Waals surface area contributed by atoms with Gasteiger partial charge in [-0.05, 0) is 96.3 Å². The molecule has 1 rings (SSSR count). The van der Waals surface area contributed by atoms with Gasteiger partial charge in [0.15, 0.2) is 6.29 Å². The van der Waals surface area contributed by atoms with Gasteiger partial charge < -0.3 is 34.3 Å². The van der Waals surface area contributed by atoms with E-state index in [1.54, 1.807) is 0 Å². The van der Waals surface area contributed by atoms with Crippen molar-refractivity contribution in [3.8, 4) is 0 Å². The Morgan fingerprint density at radius 1 is 0.576 bits per heavy atom. The SMILES string of the molecule is CC/C=C\C/C=C\C/C=C\C/C=C\C/C=C\C/C=C\CCCCCCCOCC(COC1OC(CO)C(O)C(OS(=O)(=O)O)C1O)OC(=O)CCCCCCC/C=C\C/C=C\C/C=C\CC. The summed E-state index contributed by atoms with van der Waals surface area (Å²) in [6, 6.07) is 0. The van der Waals surface area contributed by atoms with Crippen LogP contribution in [0.1, 0.15) is 155 Å². The highest BCUT2D eigenvalue weighted by molar-refractivity contribution is 7.80. The van der Waals surface area contributed by atoms with E-state index in [-0.39, 0.29) is 19.6 Å². The minimum atomic E-state index is -5.08. The highest BCUT2D eigenvalue weighted by atomic mass is 32.3. The topological polar surface area (TPSA) is 178 Å². The predicted octanol–water partition coefficient (Wildman–Crippen LogP) is 11.2. The lowest BCUT2D eigenvalue weighted by atomic mass is 9.99. The van der Waals surface area contributed by atoms with Gasteiger partial charge in [0.1, 0.15) is 30.5 Å². The number of carbonyl (C=O) groups is 1. The fraction of sp³-hybridized carbons (Fsp3) is 0.642. The van der Waals surface area contributed by atoms with Crippen LogP contribution in [0, 0.1) is 0 Å². The quantitative estimate of drug-likeness (QED) is 0.0198. The van der Waals surface area contributed by atoms with E-state index in [0.29, 0.717) is 13.0 Å². The molecule has 0 aromatic rings. The number of allylic oxidation sites excluding steroid dienone is 18. The average molecular weight is 947 g/mol. The largest absolute Gasteiger partial charge is 0.457 e. The second-order valence-corrected chi connectivity index (χ2v) is 17.3. The minimum Gasteiger partial charge on any atom is -0.457 e. The van der Waals surface area contributed by atoms with Crippen LogP contribution in [-0.4, -0.2) is 97.5 Å². The molecule has 1 aliphatic heterocycles. The summed E-state index contributed by atoms with van der Waals surface area (Å²) < 4.78 is 59.1. The third-order valence-corrected chi connectivity index (χ3v) is 10.9. The van der Waals surface area contributed by atoms with Crippen molar-refractivity contribution in [2.45, 2.75) is 192 Å². The monoisotopic (exact) mass is 947 g/mol. The Hall–Kier alpha value is -3.24. The molecule has 0 aliphatic carbocycles. The van der Waals surface area contributed by atoms with Crippen molar-refractivity contribution >= 4 is 16.4 Å². The number of hydrogen-bond donors (Lipinski definition) is 4. The van der Waals surface area contributed by atoms with Crippen molar-refractivity contribution < 1.29 is 56.2 Å². The van der Waals surface area contributed by atoms with Crippen LogP contribution in [-0.2, 0) is 38.3 Å². The maximum Gasteiger partial charge on any atom is 0.397 e. The van der Waals surface area contributed by atoms with E-state index in [4.69, 9.17) is 18.9 Å². The van der Waals surface area contributed by atoms with Gasteiger partial charge in [-0.15, -0.1) is 0 Å². The molecule has 6 unspecified atom stereocenters. The van der Waals surface area contributed by atoms with E-state index in [2.05, 4.69) is 127 Å². The van der Waals surface area contributed by atoms with Gasteiger partial charge in [-0.2, -0.15) is 8.42 Å². The molecule has 12 nitrogen and oxygen atoms in total. The Morgan fingerprint density at radius 2 is 1.00 bits per heavy atom. The molecule has 0 aromatic carbocycles. The summed E-state index contributed by atoms with van der Waals surface area (Å²) in [5.41, 5.74) is 0. The summed E-state index contributed by atoms with van der Waals surface area (Å²) in [5, 5.41) is 30.7. The molecule has 0 aromatic heterocycles. The van der Waals surface area contributed by atoms with E-state index in [1.165, 1.54) is 0 Å². The molecule has 66 heavy (non-hydrogen) atoms. The van der Waals surface area contributed by atoms with Crippen LogP contribution in [0.2, 0.25) is 0 Å². The van der Waals surface area contributed by atoms with Crippen molar-refractivity contribution in [3.05, 3.63) is 109 Å². The number of esters is 1. The molecule has 0 saturated carbocycles. The Balaban J connectivity index is 2.41. The molecule has 4 N–H and O–H groups in total. The second kappa shape index (κ2) is 43.1. The first-order valence-electron chi connectivity index (χ1n) is 24.6. The van der Waals surface area contributed by atoms with E-state index in [1.807, 2.05) is 0 Å². The molecule has 1 saturated heterocycles. The molecule has 1 fully saturated rings. The van der Waals surface area contributed by atoms with Crippen LogP contribution in [0.15, 0.2) is 109 Å². The fourth-order valence-electron chi connectivity index (χ4n) is 6.75. The van der Waals surface area contributed by atoms with Crippen molar-refractivity contribution in [2.24, 2.45) is 0 Å². The maximum absolute atomic E-state index is 12.9. The normalized spacial score (nSPS) is 20.5. The Bertz CT molecular complexity index is 1560. The lowest BCUT2D eigenvalue weighted by molar-refractivity contribution is -0.301. The molecule has 1 aliphatic rings. The number of aliphatic hydroxyl groups is 3. The predicted molar refractivity (Wildman–Crippen MR) is 266 cm³/mol. The molecule has 6 atom stereocenters. The van der Waals surface area contributed by atoms with Gasteiger partial charge in [0, 0.05) is 13.0 Å². The highest BCUT2D eigenvalue weighted by Gasteiger charge is 2.48. The van der Waals surface area contributed by atoms with E-state index >= 15 is 0 Å². The van der Waals surface area contributed by atoms with E-state index in [0.717, 1.165) is 128 Å². The zero-order chi connectivity index (χ0) is 48.2. The van der Waals surface area contributed by atoms with Crippen LogP contribution >= 0.6 is 0 Å². The molecular formula is C53H86O12S. The van der Waals surface area contributed by atoms with Gasteiger partial charge in [-0.3, -0.25) is 9.35 Å². The summed E-state index contributed by atoms with van der Waals surface area (Å²) in [4.78, 5) is 12.9. The number of hydrogen-bond acceptors (Lipinski definition) is 11. The standard InChI is InChI=1S/C53H86O12S/c1-3-5-7-9-11-13-15-17-19-20-21-22-23-24-25-26-27-29-31-33-35-37-39-41-43-61-45-47(46-62-53-51(57)52(65-66(58,59)60)50(56)48(44-54)64-53)63-49(55)42-40-38-36-34-32-30-28-18-16-14-12-10-8-6-4-2/h5-8,11-14,17-19,21-22,24-25,27-29,47-48,50-54,56-57H,3-4,9-10,15-16,20,23,26,30-46H2,1-2H3,(H,58,59,60)/b7-5-,8-6-,13-11-,14-12-,19-17-,22-21-,25-24-,28-18-,29-27-. The van der Waals surface area contributed by atoms with Gasteiger partial charge in [-0.1, -0.05) is 162 Å². The number of unbranched alkanes of at least 4 members (excludes halogenated alkanes) is 10. The van der Waals surface area contributed by atoms with Crippen LogP contribution < -0.4 is 0 Å². The van der Waals surface area contributed by atoms with Gasteiger partial charge in [-0.25, -0.2) is 4.18 Å². The van der Waals surface area contributed by atoms with Gasteiger partial charge in [0.25, 0.3) is 0 Å². The summed E-state index contributed by atoms with van der Waals surface area (Å²) in [5.74, 6) is -0.429. The first kappa shape index (κ1) is 60.8. The first-order valence-corrected chi connectivity index (χ1v) is 26.0. The van der Waals surface area contributed by atoms with Crippen molar-refractivity contribution in [3.63, 3.8) is 0 Å². The van der Waals surface area contributed by atoms with Crippen LogP contribution in [0.25, 0.3) is 0 Å². The van der Waals surface area contributed by atoms with E-state index in [9.17, 15) is 33.1 Å². The molecular weight excluding hydrogens is 861 g/mol. The Labute approximate surface area is 398 Å². The minimum absolute atomic E-state index is 0.00740. The smallest absolute Gasteiger partial charge is 0.397 e. The zero-order valence-corrected chi connectivity index (χ0v) is 41.0.